The second kappa shape index (κ2) is 7.53. The zero-order valence-corrected chi connectivity index (χ0v) is 17.6. The number of anilines is 1. The number of nitrogens with zero attached hydrogens (tertiary/aromatic N) is 4. The highest BCUT2D eigenvalue weighted by atomic mass is 32.2. The van der Waals surface area contributed by atoms with E-state index >= 15 is 0 Å². The van der Waals surface area contributed by atoms with E-state index < -0.39 is 28.9 Å². The normalized spacial score (nSPS) is 25.9. The molecular weight excluding hydrogens is 422 g/mol. The maximum Gasteiger partial charge on any atom is 0.337 e. The Hall–Kier alpha value is -2.57. The Balaban J connectivity index is 1.42. The third-order valence-corrected chi connectivity index (χ3v) is 6.99. The van der Waals surface area contributed by atoms with Crippen molar-refractivity contribution in [2.45, 2.75) is 43.9 Å². The van der Waals surface area contributed by atoms with Crippen molar-refractivity contribution in [1.29, 1.82) is 0 Å². The lowest BCUT2D eigenvalue weighted by molar-refractivity contribution is -0.0685. The average Bonchev–Trinajstić information content (AvgIpc) is 3.44. The van der Waals surface area contributed by atoms with E-state index in [4.69, 9.17) is 4.74 Å². The summed E-state index contributed by atoms with van der Waals surface area (Å²) in [5.74, 6) is 0.704. The summed E-state index contributed by atoms with van der Waals surface area (Å²) in [7, 11) is -3.34. The maximum atomic E-state index is 11.4. The fourth-order valence-corrected chi connectivity index (χ4v) is 4.91. The monoisotopic (exact) mass is 445 g/mol. The highest BCUT2D eigenvalue weighted by molar-refractivity contribution is 7.83. The molecule has 0 amide bonds. The number of hydrogen-bond acceptors (Lipinski definition) is 7. The summed E-state index contributed by atoms with van der Waals surface area (Å²) in [5, 5.41) is 14.6. The Morgan fingerprint density at radius 1 is 1.26 bits per heavy atom. The van der Waals surface area contributed by atoms with Crippen LogP contribution in [0.25, 0.3) is 11.0 Å². The molecule has 31 heavy (non-hydrogen) atoms. The fraction of sp³-hybridized carbons (Fsp3) is 0.400. The van der Waals surface area contributed by atoms with Crippen LogP contribution in [0.1, 0.15) is 36.2 Å². The van der Waals surface area contributed by atoms with Gasteiger partial charge in [-0.1, -0.05) is 24.3 Å². The molecule has 1 aliphatic carbocycles. The summed E-state index contributed by atoms with van der Waals surface area (Å²) in [6, 6.07) is 10.4. The molecule has 11 heteroatoms. The van der Waals surface area contributed by atoms with Crippen molar-refractivity contribution in [3.8, 4) is 0 Å². The zero-order valence-electron chi connectivity index (χ0n) is 16.8. The number of ether oxygens (including phenoxy) is 1. The molecule has 1 aromatic carbocycles. The van der Waals surface area contributed by atoms with Gasteiger partial charge in [-0.3, -0.25) is 4.55 Å². The first-order valence-electron chi connectivity index (χ1n) is 10.0. The van der Waals surface area contributed by atoms with E-state index in [9.17, 15) is 18.1 Å². The fourth-order valence-electron chi connectivity index (χ4n) is 4.46. The van der Waals surface area contributed by atoms with Crippen LogP contribution < -0.4 is 5.32 Å². The van der Waals surface area contributed by atoms with E-state index in [1.807, 2.05) is 18.2 Å². The summed E-state index contributed by atoms with van der Waals surface area (Å²) < 4.78 is 40.2. The summed E-state index contributed by atoms with van der Waals surface area (Å²) >= 11 is 0. The van der Waals surface area contributed by atoms with Crippen LogP contribution in [-0.4, -0.2) is 56.3 Å². The van der Waals surface area contributed by atoms with Crippen molar-refractivity contribution in [2.75, 3.05) is 12.4 Å². The van der Waals surface area contributed by atoms with Crippen LogP contribution in [-0.2, 0) is 21.5 Å². The molecule has 2 aromatic heterocycles. The number of nitrogens with one attached hydrogen (secondary N) is 1. The van der Waals surface area contributed by atoms with Crippen LogP contribution in [0.2, 0.25) is 0 Å². The molecule has 3 aromatic rings. The second-order valence-electron chi connectivity index (χ2n) is 7.90. The lowest BCUT2D eigenvalue weighted by Gasteiger charge is -2.23. The van der Waals surface area contributed by atoms with Crippen molar-refractivity contribution in [2.24, 2.45) is 0 Å². The van der Waals surface area contributed by atoms with Crippen molar-refractivity contribution in [1.82, 2.24) is 18.8 Å². The van der Waals surface area contributed by atoms with Gasteiger partial charge in [-0.05, 0) is 30.0 Å². The van der Waals surface area contributed by atoms with E-state index in [-0.39, 0.29) is 12.5 Å². The van der Waals surface area contributed by atoms with E-state index in [1.54, 1.807) is 10.8 Å². The summed E-state index contributed by atoms with van der Waals surface area (Å²) in [6.45, 7) is 0. The third-order valence-electron chi connectivity index (χ3n) is 6.05. The molecule has 1 saturated heterocycles. The molecule has 3 heterocycles. The number of aryl methyl sites for hydroxylation is 1. The van der Waals surface area contributed by atoms with E-state index in [0.717, 1.165) is 25.3 Å². The number of rotatable bonds is 5. The number of aromatic nitrogens is 3. The standard InChI is InChI=1S/C20H23N5O5S/c1-24(31(27,28)29)20-16(26)10-17(30-20)25-9-8-14-18(21-11-22-19(14)25)23-15-7-6-12-4-2-3-5-13(12)15/h2-5,8-9,11,15-17,20,26H,6-7,10H2,1H3,(H,21,22,23)(H,27,28,29)/t15-,16-,17+,20-/m0/s1. The van der Waals surface area contributed by atoms with Crippen LogP contribution in [0.5, 0.6) is 0 Å². The Labute approximate surface area is 179 Å². The van der Waals surface area contributed by atoms with Gasteiger partial charge < -0.3 is 19.7 Å². The first-order chi connectivity index (χ1) is 14.8. The highest BCUT2D eigenvalue weighted by Gasteiger charge is 2.41. The molecule has 164 valence electrons. The Bertz CT molecular complexity index is 1230. The predicted molar refractivity (Wildman–Crippen MR) is 113 cm³/mol. The summed E-state index contributed by atoms with van der Waals surface area (Å²) in [5.41, 5.74) is 3.22. The molecule has 1 fully saturated rings. The predicted octanol–water partition coefficient (Wildman–Crippen LogP) is 1.87. The van der Waals surface area contributed by atoms with E-state index in [2.05, 4.69) is 27.4 Å². The SMILES string of the molecule is CN([C@H]1O[C@@H](n2ccc3c(N[C@H]4CCc5ccccc54)ncnc32)C[C@@H]1O)S(=O)(=O)O. The Morgan fingerprint density at radius 2 is 2.06 bits per heavy atom. The number of hydrogen-bond donors (Lipinski definition) is 3. The lowest BCUT2D eigenvalue weighted by atomic mass is 10.1. The molecule has 0 radical (unpaired) electrons. The smallest absolute Gasteiger partial charge is 0.337 e. The van der Waals surface area contributed by atoms with E-state index in [0.29, 0.717) is 15.8 Å². The van der Waals surface area contributed by atoms with Gasteiger partial charge in [0.05, 0.1) is 17.5 Å². The van der Waals surface area contributed by atoms with Crippen molar-refractivity contribution < 1.29 is 22.8 Å². The molecule has 10 nitrogen and oxygen atoms in total. The lowest BCUT2D eigenvalue weighted by Crippen LogP contribution is -2.42. The molecule has 1 aliphatic heterocycles. The van der Waals surface area contributed by atoms with Crippen LogP contribution >= 0.6 is 0 Å². The van der Waals surface area contributed by atoms with Crippen LogP contribution in [0, 0.1) is 0 Å². The zero-order chi connectivity index (χ0) is 21.8. The van der Waals surface area contributed by atoms with Gasteiger partial charge in [0, 0.05) is 19.7 Å². The van der Waals surface area contributed by atoms with Crippen molar-refractivity contribution in [3.63, 3.8) is 0 Å². The quantitative estimate of drug-likeness (QED) is 0.508. The number of fused-ring (bicyclic) bond motifs is 2. The summed E-state index contributed by atoms with van der Waals surface area (Å²) in [4.78, 5) is 8.81. The molecule has 5 rings (SSSR count). The minimum Gasteiger partial charge on any atom is -0.389 e. The van der Waals surface area contributed by atoms with Gasteiger partial charge in [0.15, 0.2) is 6.23 Å². The van der Waals surface area contributed by atoms with Gasteiger partial charge in [0.1, 0.15) is 24.0 Å². The number of aliphatic hydroxyl groups is 1. The topological polar surface area (TPSA) is 130 Å². The first-order valence-corrected chi connectivity index (χ1v) is 11.4. The average molecular weight is 446 g/mol. The summed E-state index contributed by atoms with van der Waals surface area (Å²) in [6.07, 6.45) is 2.46. The van der Waals surface area contributed by atoms with Crippen molar-refractivity contribution in [3.05, 3.63) is 54.0 Å². The molecule has 2 aliphatic rings. The third kappa shape index (κ3) is 3.58. The molecule has 3 N–H and O–H groups in total. The van der Waals surface area contributed by atoms with Crippen LogP contribution in [0.3, 0.4) is 0 Å². The molecule has 0 unspecified atom stereocenters. The number of aliphatic hydroxyl groups excluding tert-OH is 1. The number of likely N-dealkylation sites (N-methyl/N-ethyl adjacent to an activating group) is 1. The van der Waals surface area contributed by atoms with Gasteiger partial charge in [0.2, 0.25) is 0 Å². The second-order valence-corrected chi connectivity index (χ2v) is 9.37. The maximum absolute atomic E-state index is 11.4. The van der Waals surface area contributed by atoms with Crippen LogP contribution in [0.4, 0.5) is 5.82 Å². The van der Waals surface area contributed by atoms with Gasteiger partial charge in [0.25, 0.3) is 0 Å². The molecule has 0 spiro atoms. The molecule has 0 saturated carbocycles. The van der Waals surface area contributed by atoms with Gasteiger partial charge >= 0.3 is 10.3 Å². The molecular formula is C20H23N5O5S. The van der Waals surface area contributed by atoms with E-state index in [1.165, 1.54) is 17.5 Å². The van der Waals surface area contributed by atoms with Gasteiger partial charge in [-0.25, -0.2) is 9.97 Å². The Morgan fingerprint density at radius 3 is 2.87 bits per heavy atom. The first kappa shape index (κ1) is 20.3. The molecule has 4 atom stereocenters. The minimum atomic E-state index is -4.50. The highest BCUT2D eigenvalue weighted by Crippen LogP contribution is 2.37. The van der Waals surface area contributed by atoms with Gasteiger partial charge in [-0.15, -0.1) is 0 Å². The van der Waals surface area contributed by atoms with Gasteiger partial charge in [-0.2, -0.15) is 12.7 Å². The van der Waals surface area contributed by atoms with Crippen molar-refractivity contribution >= 4 is 27.2 Å². The minimum absolute atomic E-state index is 0.150. The molecule has 0 bridgehead atoms. The Kier molecular flexibility index (Phi) is 4.94. The van der Waals surface area contributed by atoms with Crippen LogP contribution in [0.15, 0.2) is 42.9 Å². The largest absolute Gasteiger partial charge is 0.389 e. The number of benzene rings is 1.